The second-order valence-corrected chi connectivity index (χ2v) is 12.5. The van der Waals surface area contributed by atoms with E-state index in [-0.39, 0.29) is 43.8 Å². The number of nitrogens with one attached hydrogen (secondary N) is 1. The summed E-state index contributed by atoms with van der Waals surface area (Å²) in [5, 5.41) is 4.16. The number of nitrogens with zero attached hydrogens (tertiary/aromatic N) is 2. The summed E-state index contributed by atoms with van der Waals surface area (Å²) in [5.41, 5.74) is 1.76. The van der Waals surface area contributed by atoms with Gasteiger partial charge in [-0.3, -0.25) is 13.9 Å². The summed E-state index contributed by atoms with van der Waals surface area (Å²) in [6.45, 7) is 7.62. The Morgan fingerprint density at radius 2 is 1.66 bits per heavy atom. The van der Waals surface area contributed by atoms with E-state index in [1.165, 1.54) is 9.21 Å². The van der Waals surface area contributed by atoms with Crippen LogP contribution >= 0.6 is 34.8 Å². The Balaban J connectivity index is 2.32. The Labute approximate surface area is 241 Å². The minimum absolute atomic E-state index is 0.0147. The fourth-order valence-electron chi connectivity index (χ4n) is 4.05. The van der Waals surface area contributed by atoms with Crippen molar-refractivity contribution in [3.8, 4) is 0 Å². The first-order chi connectivity index (χ1) is 17.8. The Hall–Kier alpha value is -2.00. The Morgan fingerprint density at radius 3 is 2.21 bits per heavy atom. The monoisotopic (exact) mass is 603 g/mol. The van der Waals surface area contributed by atoms with E-state index >= 15 is 0 Å². The molecule has 2 atom stereocenters. The Morgan fingerprint density at radius 1 is 1.03 bits per heavy atom. The largest absolute Gasteiger partial charge is 0.352 e. The second kappa shape index (κ2) is 14.4. The lowest BCUT2D eigenvalue weighted by Gasteiger charge is -2.32. The minimum atomic E-state index is -3.64. The molecule has 0 saturated heterocycles. The molecule has 0 saturated carbocycles. The molecule has 0 unspecified atom stereocenters. The van der Waals surface area contributed by atoms with Crippen LogP contribution in [0.3, 0.4) is 0 Å². The van der Waals surface area contributed by atoms with Crippen LogP contribution in [0.2, 0.25) is 15.1 Å². The summed E-state index contributed by atoms with van der Waals surface area (Å²) in [6, 6.07) is 9.32. The molecule has 0 heterocycles. The molecular weight excluding hydrogens is 569 g/mol. The molecule has 1 N–H and O–H groups in total. The van der Waals surface area contributed by atoms with Gasteiger partial charge in [-0.2, -0.15) is 0 Å². The van der Waals surface area contributed by atoms with E-state index in [1.54, 1.807) is 43.3 Å². The van der Waals surface area contributed by atoms with Gasteiger partial charge in [0.1, 0.15) is 6.04 Å². The highest BCUT2D eigenvalue weighted by molar-refractivity contribution is 7.92. The highest BCUT2D eigenvalue weighted by Gasteiger charge is 2.30. The van der Waals surface area contributed by atoms with Crippen molar-refractivity contribution in [2.24, 2.45) is 0 Å². The van der Waals surface area contributed by atoms with Crippen molar-refractivity contribution in [1.82, 2.24) is 10.2 Å². The summed E-state index contributed by atoms with van der Waals surface area (Å²) < 4.78 is 26.5. The van der Waals surface area contributed by atoms with Crippen LogP contribution in [-0.4, -0.2) is 50.0 Å². The van der Waals surface area contributed by atoms with Gasteiger partial charge in [-0.25, -0.2) is 8.42 Å². The fraction of sp³-hybridized carbons (Fsp3) is 0.481. The van der Waals surface area contributed by atoms with Crippen molar-refractivity contribution in [2.45, 2.75) is 72.0 Å². The van der Waals surface area contributed by atoms with E-state index in [9.17, 15) is 18.0 Å². The van der Waals surface area contributed by atoms with E-state index in [0.717, 1.165) is 18.2 Å². The average Bonchev–Trinajstić information content (AvgIpc) is 2.84. The van der Waals surface area contributed by atoms with Crippen molar-refractivity contribution >= 4 is 62.3 Å². The first kappa shape index (κ1) is 32.2. The van der Waals surface area contributed by atoms with Gasteiger partial charge < -0.3 is 10.2 Å². The molecule has 0 radical (unpaired) electrons. The van der Waals surface area contributed by atoms with E-state index in [4.69, 9.17) is 34.8 Å². The number of carbonyl (C=O) groups excluding carboxylic acids is 2. The van der Waals surface area contributed by atoms with E-state index in [0.29, 0.717) is 32.7 Å². The number of halogens is 3. The highest BCUT2D eigenvalue weighted by atomic mass is 35.5. The van der Waals surface area contributed by atoms with Crippen LogP contribution in [0, 0.1) is 6.92 Å². The molecule has 0 bridgehead atoms. The van der Waals surface area contributed by atoms with Gasteiger partial charge >= 0.3 is 0 Å². The zero-order valence-electron chi connectivity index (χ0n) is 22.4. The predicted octanol–water partition coefficient (Wildman–Crippen LogP) is 6.22. The van der Waals surface area contributed by atoms with Crippen LogP contribution < -0.4 is 9.62 Å². The zero-order valence-corrected chi connectivity index (χ0v) is 25.5. The molecule has 0 spiro atoms. The number of rotatable bonds is 13. The minimum Gasteiger partial charge on any atom is -0.352 e. The number of hydrogen-bond donors (Lipinski definition) is 1. The lowest BCUT2D eigenvalue weighted by atomic mass is 10.1. The maximum absolute atomic E-state index is 13.6. The van der Waals surface area contributed by atoms with Gasteiger partial charge in [0.15, 0.2) is 0 Å². The predicted molar refractivity (Wildman–Crippen MR) is 157 cm³/mol. The van der Waals surface area contributed by atoms with Crippen molar-refractivity contribution < 1.29 is 18.0 Å². The molecule has 2 aromatic carbocycles. The molecule has 0 fully saturated rings. The van der Waals surface area contributed by atoms with Gasteiger partial charge in [-0.05, 0) is 62.9 Å². The van der Waals surface area contributed by atoms with Crippen molar-refractivity contribution in [3.63, 3.8) is 0 Å². The van der Waals surface area contributed by atoms with E-state index < -0.39 is 16.1 Å². The van der Waals surface area contributed by atoms with Crippen LogP contribution in [-0.2, 0) is 26.2 Å². The summed E-state index contributed by atoms with van der Waals surface area (Å²) in [5.74, 6) is -0.561. The van der Waals surface area contributed by atoms with Gasteiger partial charge in [-0.1, -0.05) is 60.8 Å². The average molecular weight is 605 g/mol. The van der Waals surface area contributed by atoms with Crippen LogP contribution in [0.1, 0.15) is 57.6 Å². The summed E-state index contributed by atoms with van der Waals surface area (Å²) in [7, 11) is -3.64. The smallest absolute Gasteiger partial charge is 0.243 e. The van der Waals surface area contributed by atoms with Gasteiger partial charge in [0.05, 0.1) is 11.9 Å². The van der Waals surface area contributed by atoms with Crippen LogP contribution in [0.25, 0.3) is 0 Å². The molecule has 7 nitrogen and oxygen atoms in total. The third-order valence-electron chi connectivity index (χ3n) is 6.37. The summed E-state index contributed by atoms with van der Waals surface area (Å²) >= 11 is 18.9. The quantitative estimate of drug-likeness (QED) is 0.294. The molecule has 210 valence electrons. The SMILES string of the molecule is CC[C@@H](C)NC(=O)[C@@H](CC)N(Cc1c(Cl)cccc1Cl)C(=O)CCCN(c1cc(Cl)ccc1C)S(C)(=O)=O. The lowest BCUT2D eigenvalue weighted by Crippen LogP contribution is -2.50. The molecule has 2 amide bonds. The van der Waals surface area contributed by atoms with Gasteiger partial charge in [0.2, 0.25) is 21.8 Å². The Kier molecular flexibility index (Phi) is 12.2. The van der Waals surface area contributed by atoms with Crippen molar-refractivity contribution in [3.05, 3.63) is 62.6 Å². The molecule has 11 heteroatoms. The first-order valence-electron chi connectivity index (χ1n) is 12.6. The number of aryl methyl sites for hydroxylation is 1. The first-order valence-corrected chi connectivity index (χ1v) is 15.5. The summed E-state index contributed by atoms with van der Waals surface area (Å²) in [4.78, 5) is 28.2. The van der Waals surface area contributed by atoms with E-state index in [2.05, 4.69) is 5.32 Å². The van der Waals surface area contributed by atoms with Crippen LogP contribution in [0.4, 0.5) is 5.69 Å². The Bertz CT molecular complexity index is 1220. The zero-order chi connectivity index (χ0) is 28.6. The molecular formula is C27H36Cl3N3O4S. The number of carbonyl (C=O) groups is 2. The number of hydrogen-bond acceptors (Lipinski definition) is 4. The van der Waals surface area contributed by atoms with Gasteiger partial charge in [-0.15, -0.1) is 0 Å². The molecule has 0 aromatic heterocycles. The van der Waals surface area contributed by atoms with Crippen molar-refractivity contribution in [2.75, 3.05) is 17.1 Å². The van der Waals surface area contributed by atoms with Gasteiger partial charge in [0, 0.05) is 46.2 Å². The van der Waals surface area contributed by atoms with Gasteiger partial charge in [0.25, 0.3) is 0 Å². The van der Waals surface area contributed by atoms with E-state index in [1.807, 2.05) is 20.8 Å². The fourth-order valence-corrected chi connectivity index (χ4v) is 5.75. The standard InChI is InChI=1S/C27H36Cl3N3O4S/c1-6-19(4)31-27(35)24(7-2)32(17-21-22(29)10-8-11-23(21)30)26(34)12-9-15-33(38(5,36)37)25-16-20(28)14-13-18(25)3/h8,10-11,13-14,16,19,24H,6-7,9,12,15,17H2,1-5H3,(H,31,35)/t19-,24-/m1/s1. The third kappa shape index (κ3) is 8.76. The molecule has 0 aliphatic rings. The number of amides is 2. The number of anilines is 1. The van der Waals surface area contributed by atoms with Crippen LogP contribution in [0.15, 0.2) is 36.4 Å². The maximum Gasteiger partial charge on any atom is 0.243 e. The lowest BCUT2D eigenvalue weighted by molar-refractivity contribution is -0.141. The number of benzene rings is 2. The third-order valence-corrected chi connectivity index (χ3v) is 8.49. The molecule has 2 rings (SSSR count). The molecule has 38 heavy (non-hydrogen) atoms. The molecule has 0 aliphatic heterocycles. The maximum atomic E-state index is 13.6. The normalized spacial score (nSPS) is 13.1. The molecule has 0 aliphatic carbocycles. The summed E-state index contributed by atoms with van der Waals surface area (Å²) in [6.07, 6.45) is 2.49. The topological polar surface area (TPSA) is 86.8 Å². The van der Waals surface area contributed by atoms with Crippen molar-refractivity contribution in [1.29, 1.82) is 0 Å². The second-order valence-electron chi connectivity index (χ2n) is 9.33. The highest BCUT2D eigenvalue weighted by Crippen LogP contribution is 2.29. The number of sulfonamides is 1. The molecule has 2 aromatic rings. The van der Waals surface area contributed by atoms with Crippen LogP contribution in [0.5, 0.6) is 0 Å².